The monoisotopic (exact) mass is 345 g/mol. The lowest BCUT2D eigenvalue weighted by Crippen LogP contribution is -2.27. The SMILES string of the molecule is Cc1noc(C)c1-c1cnc2[nH]cc(CC3CCCC(F)(F)C3)c2c1. The number of aromatic nitrogens is 3. The minimum atomic E-state index is -2.52. The predicted molar refractivity (Wildman–Crippen MR) is 91.7 cm³/mol. The van der Waals surface area contributed by atoms with Crippen molar-refractivity contribution in [3.63, 3.8) is 0 Å². The molecule has 0 spiro atoms. The number of alkyl halides is 2. The minimum Gasteiger partial charge on any atom is -0.361 e. The summed E-state index contributed by atoms with van der Waals surface area (Å²) >= 11 is 0. The van der Waals surface area contributed by atoms with E-state index in [0.717, 1.165) is 45.6 Å². The van der Waals surface area contributed by atoms with Gasteiger partial charge < -0.3 is 9.51 Å². The molecule has 3 aromatic rings. The molecule has 3 heterocycles. The maximum absolute atomic E-state index is 13.7. The first-order chi connectivity index (χ1) is 11.9. The van der Waals surface area contributed by atoms with Gasteiger partial charge in [-0.05, 0) is 50.7 Å². The number of nitrogens with zero attached hydrogens (tertiary/aromatic N) is 2. The average molecular weight is 345 g/mol. The van der Waals surface area contributed by atoms with Crippen LogP contribution in [-0.4, -0.2) is 21.0 Å². The van der Waals surface area contributed by atoms with E-state index in [2.05, 4.69) is 21.2 Å². The number of hydrogen-bond donors (Lipinski definition) is 1. The highest BCUT2D eigenvalue weighted by Gasteiger charge is 2.36. The lowest BCUT2D eigenvalue weighted by atomic mass is 9.82. The zero-order valence-electron chi connectivity index (χ0n) is 14.4. The maximum Gasteiger partial charge on any atom is 0.248 e. The van der Waals surface area contributed by atoms with Gasteiger partial charge in [-0.25, -0.2) is 13.8 Å². The molecule has 1 N–H and O–H groups in total. The molecule has 1 unspecified atom stereocenters. The van der Waals surface area contributed by atoms with Crippen LogP contribution in [0.2, 0.25) is 0 Å². The van der Waals surface area contributed by atoms with Crippen LogP contribution in [0.15, 0.2) is 23.0 Å². The Balaban J connectivity index is 1.67. The van der Waals surface area contributed by atoms with Crippen LogP contribution in [0.3, 0.4) is 0 Å². The molecule has 1 saturated carbocycles. The Bertz CT molecular complexity index is 893. The van der Waals surface area contributed by atoms with E-state index in [1.807, 2.05) is 20.0 Å². The molecule has 132 valence electrons. The highest BCUT2D eigenvalue weighted by molar-refractivity contribution is 5.85. The zero-order chi connectivity index (χ0) is 17.6. The molecule has 4 rings (SSSR count). The first kappa shape index (κ1) is 16.2. The molecule has 1 aliphatic rings. The fourth-order valence-electron chi connectivity index (χ4n) is 4.02. The van der Waals surface area contributed by atoms with Gasteiger partial charge in [0.15, 0.2) is 0 Å². The van der Waals surface area contributed by atoms with Gasteiger partial charge in [0, 0.05) is 41.7 Å². The second-order valence-corrected chi connectivity index (χ2v) is 7.16. The van der Waals surface area contributed by atoms with Crippen LogP contribution in [0.4, 0.5) is 8.78 Å². The summed E-state index contributed by atoms with van der Waals surface area (Å²) in [6.07, 6.45) is 5.82. The van der Waals surface area contributed by atoms with Gasteiger partial charge in [-0.2, -0.15) is 0 Å². The standard InChI is InChI=1S/C19H21F2N3O/c1-11-17(12(2)25-24-11)15-7-16-14(9-22-18(16)23-10-15)6-13-4-3-5-19(20,21)8-13/h7,9-10,13H,3-6,8H2,1-2H3,(H,22,23). The Kier molecular flexibility index (Phi) is 3.85. The van der Waals surface area contributed by atoms with Crippen LogP contribution in [0.25, 0.3) is 22.2 Å². The summed E-state index contributed by atoms with van der Waals surface area (Å²) in [7, 11) is 0. The van der Waals surface area contributed by atoms with Crippen molar-refractivity contribution in [3.8, 4) is 11.1 Å². The molecule has 25 heavy (non-hydrogen) atoms. The van der Waals surface area contributed by atoms with Crippen molar-refractivity contribution in [2.45, 2.75) is 51.9 Å². The van der Waals surface area contributed by atoms with E-state index in [0.29, 0.717) is 12.8 Å². The summed E-state index contributed by atoms with van der Waals surface area (Å²) < 4.78 is 32.6. The molecular weight excluding hydrogens is 324 g/mol. The zero-order valence-corrected chi connectivity index (χ0v) is 14.4. The topological polar surface area (TPSA) is 54.7 Å². The van der Waals surface area contributed by atoms with Gasteiger partial charge in [-0.3, -0.25) is 0 Å². The highest BCUT2D eigenvalue weighted by Crippen LogP contribution is 2.39. The second-order valence-electron chi connectivity index (χ2n) is 7.16. The first-order valence-electron chi connectivity index (χ1n) is 8.70. The van der Waals surface area contributed by atoms with Gasteiger partial charge in [0.25, 0.3) is 0 Å². The minimum absolute atomic E-state index is 0.0172. The number of aromatic amines is 1. The number of halogens is 2. The number of rotatable bonds is 3. The molecule has 3 aromatic heterocycles. The van der Waals surface area contributed by atoms with Gasteiger partial charge >= 0.3 is 0 Å². The Labute approximate surface area is 144 Å². The van der Waals surface area contributed by atoms with E-state index in [4.69, 9.17) is 4.52 Å². The third kappa shape index (κ3) is 3.05. The number of fused-ring (bicyclic) bond motifs is 1. The smallest absolute Gasteiger partial charge is 0.248 e. The summed E-state index contributed by atoms with van der Waals surface area (Å²) in [6.45, 7) is 3.78. The first-order valence-corrected chi connectivity index (χ1v) is 8.70. The summed E-state index contributed by atoms with van der Waals surface area (Å²) in [5.74, 6) is -1.75. The van der Waals surface area contributed by atoms with E-state index in [1.165, 1.54) is 0 Å². The van der Waals surface area contributed by atoms with Gasteiger partial charge in [0.2, 0.25) is 5.92 Å². The Hall–Kier alpha value is -2.24. The van der Waals surface area contributed by atoms with Gasteiger partial charge in [0.05, 0.1) is 5.69 Å². The highest BCUT2D eigenvalue weighted by atomic mass is 19.3. The summed E-state index contributed by atoms with van der Waals surface area (Å²) in [5.41, 5.74) is 4.55. The van der Waals surface area contributed by atoms with Crippen molar-refractivity contribution < 1.29 is 13.3 Å². The Morgan fingerprint density at radius 3 is 2.92 bits per heavy atom. The second kappa shape index (κ2) is 5.93. The van der Waals surface area contributed by atoms with Crippen molar-refractivity contribution in [3.05, 3.63) is 35.5 Å². The molecule has 0 aromatic carbocycles. The van der Waals surface area contributed by atoms with Crippen LogP contribution in [0, 0.1) is 19.8 Å². The van der Waals surface area contributed by atoms with E-state index >= 15 is 0 Å². The Morgan fingerprint density at radius 1 is 1.36 bits per heavy atom. The lowest BCUT2D eigenvalue weighted by molar-refractivity contribution is -0.0521. The quantitative estimate of drug-likeness (QED) is 0.709. The summed E-state index contributed by atoms with van der Waals surface area (Å²) in [6, 6.07) is 2.06. The van der Waals surface area contributed by atoms with Crippen molar-refractivity contribution in [1.82, 2.24) is 15.1 Å². The van der Waals surface area contributed by atoms with Crippen LogP contribution in [0.5, 0.6) is 0 Å². The lowest BCUT2D eigenvalue weighted by Gasteiger charge is -2.28. The molecule has 1 atom stereocenters. The van der Waals surface area contributed by atoms with E-state index in [1.54, 1.807) is 6.20 Å². The molecule has 1 fully saturated rings. The molecule has 0 amide bonds. The molecule has 0 aliphatic heterocycles. The van der Waals surface area contributed by atoms with Gasteiger partial charge in [-0.15, -0.1) is 0 Å². The van der Waals surface area contributed by atoms with Crippen molar-refractivity contribution >= 4 is 11.0 Å². The molecule has 0 radical (unpaired) electrons. The third-order valence-electron chi connectivity index (χ3n) is 5.19. The molecule has 0 bridgehead atoms. The largest absolute Gasteiger partial charge is 0.361 e. The Morgan fingerprint density at radius 2 is 2.20 bits per heavy atom. The van der Waals surface area contributed by atoms with Crippen molar-refractivity contribution in [2.24, 2.45) is 5.92 Å². The normalized spacial score (nSPS) is 20.2. The van der Waals surface area contributed by atoms with E-state index in [-0.39, 0.29) is 18.8 Å². The molecule has 4 nitrogen and oxygen atoms in total. The van der Waals surface area contributed by atoms with E-state index < -0.39 is 5.92 Å². The summed E-state index contributed by atoms with van der Waals surface area (Å²) in [5, 5.41) is 4.99. The van der Waals surface area contributed by atoms with E-state index in [9.17, 15) is 8.78 Å². The number of aryl methyl sites for hydroxylation is 2. The molecular formula is C19H21F2N3O. The average Bonchev–Trinajstić information content (AvgIpc) is 3.10. The van der Waals surface area contributed by atoms with Crippen LogP contribution >= 0.6 is 0 Å². The van der Waals surface area contributed by atoms with Crippen molar-refractivity contribution in [2.75, 3.05) is 0 Å². The number of hydrogen-bond acceptors (Lipinski definition) is 3. The molecule has 6 heteroatoms. The fourth-order valence-corrected chi connectivity index (χ4v) is 4.02. The van der Waals surface area contributed by atoms with Crippen LogP contribution in [0.1, 0.15) is 42.7 Å². The molecule has 0 saturated heterocycles. The van der Waals surface area contributed by atoms with Gasteiger partial charge in [-0.1, -0.05) is 5.16 Å². The predicted octanol–water partition coefficient (Wildman–Crippen LogP) is 5.20. The number of nitrogens with one attached hydrogen (secondary N) is 1. The molecule has 1 aliphatic carbocycles. The summed E-state index contributed by atoms with van der Waals surface area (Å²) in [4.78, 5) is 7.65. The third-order valence-corrected chi connectivity index (χ3v) is 5.19. The number of pyridine rings is 1. The maximum atomic E-state index is 13.7. The van der Waals surface area contributed by atoms with Crippen molar-refractivity contribution in [1.29, 1.82) is 0 Å². The van der Waals surface area contributed by atoms with Crippen LogP contribution < -0.4 is 0 Å². The fraction of sp³-hybridized carbons (Fsp3) is 0.474. The van der Waals surface area contributed by atoms with Gasteiger partial charge in [0.1, 0.15) is 11.4 Å². The number of H-pyrrole nitrogens is 1. The van der Waals surface area contributed by atoms with Crippen LogP contribution in [-0.2, 0) is 6.42 Å².